The number of carbonyl (C=O) groups is 1. The maximum atomic E-state index is 12.6. The van der Waals surface area contributed by atoms with E-state index in [-0.39, 0.29) is 12.0 Å². The highest BCUT2D eigenvalue weighted by atomic mass is 32.1. The van der Waals surface area contributed by atoms with Gasteiger partial charge in [0.2, 0.25) is 0 Å². The van der Waals surface area contributed by atoms with Crippen LogP contribution >= 0.6 is 11.3 Å². The molecular weight excluding hydrogens is 272 g/mol. The lowest BCUT2D eigenvalue weighted by molar-refractivity contribution is -0.0169. The summed E-state index contributed by atoms with van der Waals surface area (Å²) in [4.78, 5) is 17.8. The molecule has 0 unspecified atom stereocenters. The van der Waals surface area contributed by atoms with E-state index in [1.807, 2.05) is 23.3 Å². The van der Waals surface area contributed by atoms with Gasteiger partial charge in [-0.15, -0.1) is 11.3 Å². The number of hydrogen-bond donors (Lipinski definition) is 0. The van der Waals surface area contributed by atoms with Crippen LogP contribution in [0.2, 0.25) is 0 Å². The monoisotopic (exact) mass is 294 g/mol. The number of likely N-dealkylation sites (tertiary alicyclic amines) is 1. The first kappa shape index (κ1) is 14.0. The van der Waals surface area contributed by atoms with E-state index in [0.29, 0.717) is 5.92 Å². The van der Waals surface area contributed by atoms with Gasteiger partial charge in [0.15, 0.2) is 0 Å². The Labute approximate surface area is 124 Å². The average molecular weight is 294 g/mol. The number of piperidine rings is 1. The van der Waals surface area contributed by atoms with Crippen LogP contribution in [0.15, 0.2) is 11.4 Å². The van der Waals surface area contributed by atoms with E-state index in [1.165, 1.54) is 0 Å². The second-order valence-corrected chi connectivity index (χ2v) is 6.82. The number of nitrogens with zero attached hydrogens (tertiary/aromatic N) is 2. The van der Waals surface area contributed by atoms with E-state index in [4.69, 9.17) is 4.74 Å². The van der Waals surface area contributed by atoms with E-state index in [2.05, 4.69) is 11.9 Å². The zero-order valence-corrected chi connectivity index (χ0v) is 13.0. The Hall–Kier alpha value is -0.910. The van der Waals surface area contributed by atoms with Crippen LogP contribution in [0, 0.1) is 12.8 Å². The van der Waals surface area contributed by atoms with Crippen molar-refractivity contribution in [2.75, 3.05) is 39.8 Å². The highest BCUT2D eigenvalue weighted by Crippen LogP contribution is 2.26. The minimum atomic E-state index is 0.178. The van der Waals surface area contributed by atoms with Gasteiger partial charge in [0.05, 0.1) is 17.6 Å². The van der Waals surface area contributed by atoms with Gasteiger partial charge in [-0.1, -0.05) is 0 Å². The van der Waals surface area contributed by atoms with Gasteiger partial charge in [-0.3, -0.25) is 4.79 Å². The Balaban J connectivity index is 1.69. The number of thiophene rings is 1. The molecule has 1 aromatic rings. The molecule has 1 aromatic heterocycles. The van der Waals surface area contributed by atoms with E-state index in [0.717, 1.165) is 49.6 Å². The number of aryl methyl sites for hydroxylation is 1. The van der Waals surface area contributed by atoms with Gasteiger partial charge < -0.3 is 14.5 Å². The zero-order valence-electron chi connectivity index (χ0n) is 12.2. The summed E-state index contributed by atoms with van der Waals surface area (Å²) in [5.41, 5.74) is 1.09. The summed E-state index contributed by atoms with van der Waals surface area (Å²) in [7, 11) is 2.15. The van der Waals surface area contributed by atoms with E-state index >= 15 is 0 Å². The third-order valence-corrected chi connectivity index (χ3v) is 5.40. The smallest absolute Gasteiger partial charge is 0.264 e. The molecule has 3 rings (SSSR count). The first-order chi connectivity index (χ1) is 9.65. The third-order valence-electron chi connectivity index (χ3n) is 4.39. The topological polar surface area (TPSA) is 32.8 Å². The summed E-state index contributed by atoms with van der Waals surface area (Å²) in [5.74, 6) is 0.744. The van der Waals surface area contributed by atoms with Gasteiger partial charge >= 0.3 is 0 Å². The molecule has 0 N–H and O–H groups in total. The normalized spacial score (nSPS) is 28.0. The van der Waals surface area contributed by atoms with E-state index in [1.54, 1.807) is 11.3 Å². The molecule has 0 radical (unpaired) electrons. The summed E-state index contributed by atoms with van der Waals surface area (Å²) in [6.07, 6.45) is 1.25. The van der Waals surface area contributed by atoms with Crippen molar-refractivity contribution in [2.24, 2.45) is 5.92 Å². The minimum Gasteiger partial charge on any atom is -0.375 e. The highest BCUT2D eigenvalue weighted by molar-refractivity contribution is 7.12. The maximum absolute atomic E-state index is 12.6. The van der Waals surface area contributed by atoms with Crippen molar-refractivity contribution < 1.29 is 9.53 Å². The van der Waals surface area contributed by atoms with Crippen molar-refractivity contribution >= 4 is 17.2 Å². The number of amides is 1. The largest absolute Gasteiger partial charge is 0.375 e. The van der Waals surface area contributed by atoms with Crippen LogP contribution in [0.5, 0.6) is 0 Å². The summed E-state index contributed by atoms with van der Waals surface area (Å²) >= 11 is 1.54. The van der Waals surface area contributed by atoms with Crippen LogP contribution in [0.1, 0.15) is 21.7 Å². The fourth-order valence-corrected chi connectivity index (χ4v) is 4.03. The Bertz CT molecular complexity index is 488. The molecule has 5 heteroatoms. The van der Waals surface area contributed by atoms with Crippen LogP contribution in [-0.4, -0.2) is 61.6 Å². The van der Waals surface area contributed by atoms with Crippen molar-refractivity contribution in [3.63, 3.8) is 0 Å². The van der Waals surface area contributed by atoms with Crippen molar-refractivity contribution in [2.45, 2.75) is 19.4 Å². The summed E-state index contributed by atoms with van der Waals surface area (Å²) in [6, 6.07) is 2.02. The lowest BCUT2D eigenvalue weighted by Crippen LogP contribution is -2.48. The summed E-state index contributed by atoms with van der Waals surface area (Å²) in [6.45, 7) is 6.46. The summed E-state index contributed by atoms with van der Waals surface area (Å²) in [5, 5.41) is 1.99. The molecule has 0 spiro atoms. The molecular formula is C15H22N2O2S. The zero-order chi connectivity index (χ0) is 14.1. The molecule has 20 heavy (non-hydrogen) atoms. The second kappa shape index (κ2) is 5.84. The number of likely N-dealkylation sites (N-methyl/N-ethyl adjacent to an activating group) is 1. The predicted molar refractivity (Wildman–Crippen MR) is 80.3 cm³/mol. The Morgan fingerprint density at radius 3 is 3.00 bits per heavy atom. The minimum absolute atomic E-state index is 0.178. The first-order valence-corrected chi connectivity index (χ1v) is 8.16. The molecule has 2 fully saturated rings. The Kier molecular flexibility index (Phi) is 4.10. The highest BCUT2D eigenvalue weighted by Gasteiger charge is 2.35. The van der Waals surface area contributed by atoms with Crippen LogP contribution in [0.25, 0.3) is 0 Å². The van der Waals surface area contributed by atoms with Gasteiger partial charge in [-0.05, 0) is 37.4 Å². The molecule has 2 aliphatic heterocycles. The van der Waals surface area contributed by atoms with Crippen LogP contribution < -0.4 is 0 Å². The molecule has 4 nitrogen and oxygen atoms in total. The number of rotatable bonds is 1. The first-order valence-electron chi connectivity index (χ1n) is 7.28. The number of fused-ring (bicyclic) bond motifs is 1. The lowest BCUT2D eigenvalue weighted by Gasteiger charge is -2.37. The molecule has 3 heterocycles. The second-order valence-electron chi connectivity index (χ2n) is 5.90. The van der Waals surface area contributed by atoms with Gasteiger partial charge in [0, 0.05) is 32.1 Å². The third kappa shape index (κ3) is 2.75. The van der Waals surface area contributed by atoms with Gasteiger partial charge in [0.25, 0.3) is 5.91 Å². The van der Waals surface area contributed by atoms with Crippen molar-refractivity contribution in [3.8, 4) is 0 Å². The van der Waals surface area contributed by atoms with E-state index in [9.17, 15) is 4.79 Å². The van der Waals surface area contributed by atoms with Gasteiger partial charge in [0.1, 0.15) is 0 Å². The predicted octanol–water partition coefficient (Wildman–Crippen LogP) is 1.85. The maximum Gasteiger partial charge on any atom is 0.264 e. The Morgan fingerprint density at radius 2 is 2.25 bits per heavy atom. The number of ether oxygens (including phenoxy) is 1. The molecule has 2 atom stereocenters. The number of hydrogen-bond acceptors (Lipinski definition) is 4. The van der Waals surface area contributed by atoms with E-state index < -0.39 is 0 Å². The van der Waals surface area contributed by atoms with Crippen molar-refractivity contribution in [1.82, 2.24) is 9.80 Å². The van der Waals surface area contributed by atoms with Crippen molar-refractivity contribution in [1.29, 1.82) is 0 Å². The van der Waals surface area contributed by atoms with Crippen LogP contribution in [0.4, 0.5) is 0 Å². The fraction of sp³-hybridized carbons (Fsp3) is 0.667. The standard InChI is InChI=1S/C15H22N2O2S/c1-11-4-8-20-14(11)15(18)17-5-3-12-9-16(2)6-7-19-13(12)10-17/h4,8,12-13H,3,5-7,9-10H2,1-2H3/t12-,13-/m1/s1. The molecule has 0 bridgehead atoms. The molecule has 110 valence electrons. The SMILES string of the molecule is Cc1ccsc1C(=O)N1CC[C@@H]2CN(C)CCO[C@@H]2C1. The van der Waals surface area contributed by atoms with Gasteiger partial charge in [-0.25, -0.2) is 0 Å². The van der Waals surface area contributed by atoms with Crippen molar-refractivity contribution in [3.05, 3.63) is 21.9 Å². The lowest BCUT2D eigenvalue weighted by atomic mass is 9.93. The molecule has 0 aliphatic carbocycles. The average Bonchev–Trinajstić information content (AvgIpc) is 2.76. The number of carbonyl (C=O) groups excluding carboxylic acids is 1. The fourth-order valence-electron chi connectivity index (χ4n) is 3.13. The quantitative estimate of drug-likeness (QED) is 0.792. The van der Waals surface area contributed by atoms with Crippen LogP contribution in [0.3, 0.4) is 0 Å². The molecule has 2 aliphatic rings. The van der Waals surface area contributed by atoms with Gasteiger partial charge in [-0.2, -0.15) is 0 Å². The summed E-state index contributed by atoms with van der Waals surface area (Å²) < 4.78 is 5.97. The molecule has 2 saturated heterocycles. The molecule has 0 aromatic carbocycles. The van der Waals surface area contributed by atoms with Crippen LogP contribution in [-0.2, 0) is 4.74 Å². The molecule has 0 saturated carbocycles. The molecule has 1 amide bonds. The Morgan fingerprint density at radius 1 is 1.40 bits per heavy atom.